The molecule has 2 aliphatic rings. The topological polar surface area (TPSA) is 0 Å². The summed E-state index contributed by atoms with van der Waals surface area (Å²) in [5.41, 5.74) is 1.87. The molecule has 4 unspecified atom stereocenters. The average Bonchev–Trinajstić information content (AvgIpc) is 2.74. The van der Waals surface area contributed by atoms with Crippen LogP contribution in [0.25, 0.3) is 0 Å². The Hall–Kier alpha value is 1.72. The molecule has 2 rings (SSSR count). The van der Waals surface area contributed by atoms with Crippen molar-refractivity contribution in [2.75, 3.05) is 0 Å². The SMILES string of the molecule is C[C@@H]1CC2(CCCC2)C[C@@H]1P(P)PP. The lowest BCUT2D eigenvalue weighted by Gasteiger charge is -2.24. The fourth-order valence-electron chi connectivity index (χ4n) is 3.55. The normalized spacial score (nSPS) is 38.8. The largest absolute Gasteiger partial charge is 0.110 e. The van der Waals surface area contributed by atoms with Gasteiger partial charge in [-0.05, 0) is 42.7 Å². The smallest absolute Gasteiger partial charge is 0.0105 e. The molecule has 0 nitrogen and oxygen atoms in total. The van der Waals surface area contributed by atoms with Gasteiger partial charge in [-0.25, -0.2) is 0 Å². The van der Waals surface area contributed by atoms with Crippen molar-refractivity contribution in [3.05, 3.63) is 0 Å². The fourth-order valence-corrected chi connectivity index (χ4v) is 9.51. The summed E-state index contributed by atoms with van der Waals surface area (Å²) in [4.78, 5) is 0. The van der Waals surface area contributed by atoms with E-state index in [4.69, 9.17) is 0 Å². The maximum absolute atomic E-state index is 3.15. The number of rotatable bonds is 2. The van der Waals surface area contributed by atoms with Crippen LogP contribution < -0.4 is 0 Å². The maximum Gasteiger partial charge on any atom is -0.0105 e. The first-order valence-electron chi connectivity index (χ1n) is 5.67. The molecule has 0 bridgehead atoms. The second-order valence-corrected chi connectivity index (χ2v) is 14.8. The quantitative estimate of drug-likeness (QED) is 0.617. The Labute approximate surface area is 95.8 Å². The number of hydrogen-bond donors (Lipinski definition) is 0. The van der Waals surface area contributed by atoms with Gasteiger partial charge in [-0.15, -0.1) is 17.9 Å². The van der Waals surface area contributed by atoms with E-state index in [0.717, 1.165) is 24.9 Å². The molecule has 2 saturated carbocycles. The molecule has 0 saturated heterocycles. The molecule has 0 radical (unpaired) electrons. The molecule has 0 aromatic rings. The highest BCUT2D eigenvalue weighted by atomic mass is 32.6. The molecule has 0 amide bonds. The molecule has 6 atom stereocenters. The monoisotopic (exact) mass is 266 g/mol. The van der Waals surface area contributed by atoms with Gasteiger partial charge in [0.1, 0.15) is 0 Å². The predicted molar refractivity (Wildman–Crippen MR) is 77.7 cm³/mol. The Bertz CT molecular complexity index is 200. The summed E-state index contributed by atoms with van der Waals surface area (Å²) in [6.45, 7) is 2.50. The zero-order valence-electron chi connectivity index (χ0n) is 9.00. The third-order valence-corrected chi connectivity index (χ3v) is 15.7. The molecule has 82 valence electrons. The van der Waals surface area contributed by atoms with Crippen LogP contribution in [0, 0.1) is 11.3 Å². The van der Waals surface area contributed by atoms with Crippen LogP contribution in [0.4, 0.5) is 0 Å². The van der Waals surface area contributed by atoms with Crippen molar-refractivity contribution < 1.29 is 0 Å². The van der Waals surface area contributed by atoms with Crippen molar-refractivity contribution in [3.63, 3.8) is 0 Å². The maximum atomic E-state index is 3.15. The zero-order chi connectivity index (χ0) is 10.2. The first-order valence-corrected chi connectivity index (χ1v) is 12.4. The van der Waals surface area contributed by atoms with Crippen LogP contribution in [-0.2, 0) is 0 Å². The molecule has 0 N–H and O–H groups in total. The highest BCUT2D eigenvalue weighted by Gasteiger charge is 2.45. The molecule has 0 heterocycles. The van der Waals surface area contributed by atoms with Crippen LogP contribution in [0.5, 0.6) is 0 Å². The van der Waals surface area contributed by atoms with Crippen LogP contribution in [-0.4, -0.2) is 5.66 Å². The van der Waals surface area contributed by atoms with Gasteiger partial charge in [0.25, 0.3) is 0 Å². The van der Waals surface area contributed by atoms with Crippen molar-refractivity contribution in [2.45, 2.75) is 51.1 Å². The molecule has 2 fully saturated rings. The van der Waals surface area contributed by atoms with Gasteiger partial charge in [0.15, 0.2) is 0 Å². The van der Waals surface area contributed by atoms with Crippen molar-refractivity contribution in [1.29, 1.82) is 0 Å². The summed E-state index contributed by atoms with van der Waals surface area (Å²) in [6.07, 6.45) is 9.21. The summed E-state index contributed by atoms with van der Waals surface area (Å²) in [5, 5.41) is 0. The molecular weight excluding hydrogens is 244 g/mol. The summed E-state index contributed by atoms with van der Waals surface area (Å²) >= 11 is 0. The van der Waals surface area contributed by atoms with Crippen LogP contribution in [0.2, 0.25) is 0 Å². The Balaban J connectivity index is 2.02. The summed E-state index contributed by atoms with van der Waals surface area (Å²) < 4.78 is 0. The van der Waals surface area contributed by atoms with Gasteiger partial charge in [0.05, 0.1) is 0 Å². The van der Waals surface area contributed by atoms with Gasteiger partial charge < -0.3 is 0 Å². The lowest BCUT2D eigenvalue weighted by molar-refractivity contribution is 0.298. The van der Waals surface area contributed by atoms with Crippen LogP contribution in [0.15, 0.2) is 0 Å². The lowest BCUT2D eigenvalue weighted by Crippen LogP contribution is -2.11. The van der Waals surface area contributed by atoms with E-state index >= 15 is 0 Å². The van der Waals surface area contributed by atoms with Gasteiger partial charge in [-0.2, -0.15) is 0 Å². The van der Waals surface area contributed by atoms with Crippen LogP contribution in [0.1, 0.15) is 45.4 Å². The van der Waals surface area contributed by atoms with Crippen molar-refractivity contribution in [1.82, 2.24) is 0 Å². The van der Waals surface area contributed by atoms with Gasteiger partial charge in [-0.3, -0.25) is 0 Å². The highest BCUT2D eigenvalue weighted by Crippen LogP contribution is 2.75. The summed E-state index contributed by atoms with van der Waals surface area (Å²) in [7, 11) is 7.46. The standard InChI is InChI=1S/C10H22P4/c1-8-6-10(4-2-3-5-10)7-9(8)14(12)13-11/h8-9,13H,2-7,11-12H2,1H3/t8-,9+,14?/m1/s1. The number of hydrogen-bond acceptors (Lipinski definition) is 0. The van der Waals surface area contributed by atoms with Crippen molar-refractivity contribution >= 4 is 33.1 Å². The van der Waals surface area contributed by atoms with E-state index in [1.165, 1.54) is 12.8 Å². The minimum atomic E-state index is 0.246. The minimum absolute atomic E-state index is 0.246. The second kappa shape index (κ2) is 4.92. The Kier molecular flexibility index (Phi) is 4.29. The third kappa shape index (κ3) is 2.35. The van der Waals surface area contributed by atoms with Gasteiger partial charge in [0.2, 0.25) is 0 Å². The van der Waals surface area contributed by atoms with E-state index in [1.54, 1.807) is 25.7 Å². The first-order chi connectivity index (χ1) is 6.67. The molecular formula is C10H22P4. The van der Waals surface area contributed by atoms with Gasteiger partial charge in [-0.1, -0.05) is 35.0 Å². The van der Waals surface area contributed by atoms with E-state index < -0.39 is 0 Å². The summed E-state index contributed by atoms with van der Waals surface area (Å²) in [6, 6.07) is 0. The molecule has 0 aliphatic heterocycles. The van der Waals surface area contributed by atoms with Crippen LogP contribution >= 0.6 is 33.1 Å². The molecule has 2 aliphatic carbocycles. The molecule has 4 heteroatoms. The first kappa shape index (κ1) is 12.2. The second-order valence-electron chi connectivity index (χ2n) is 5.20. The van der Waals surface area contributed by atoms with Gasteiger partial charge in [0, 0.05) is 0 Å². The zero-order valence-corrected chi connectivity index (χ0v) is 13.2. The Morgan fingerprint density at radius 3 is 2.50 bits per heavy atom. The van der Waals surface area contributed by atoms with Crippen molar-refractivity contribution in [3.8, 4) is 0 Å². The van der Waals surface area contributed by atoms with Crippen molar-refractivity contribution in [2.24, 2.45) is 11.3 Å². The van der Waals surface area contributed by atoms with E-state index in [1.807, 2.05) is 0 Å². The molecule has 1 spiro atoms. The third-order valence-electron chi connectivity index (χ3n) is 4.22. The highest BCUT2D eigenvalue weighted by molar-refractivity contribution is 8.61. The van der Waals surface area contributed by atoms with E-state index in [9.17, 15) is 0 Å². The molecule has 0 aromatic heterocycles. The van der Waals surface area contributed by atoms with E-state index in [2.05, 4.69) is 24.8 Å². The Morgan fingerprint density at radius 1 is 1.29 bits per heavy atom. The predicted octanol–water partition coefficient (Wildman–Crippen LogP) is 5.00. The molecule has 0 aromatic carbocycles. The lowest BCUT2D eigenvalue weighted by atomic mass is 9.84. The Morgan fingerprint density at radius 2 is 1.93 bits per heavy atom. The summed E-state index contributed by atoms with van der Waals surface area (Å²) in [5.74, 6) is 1.00. The fraction of sp³-hybridized carbons (Fsp3) is 1.00. The molecule has 14 heavy (non-hydrogen) atoms. The van der Waals surface area contributed by atoms with E-state index in [-0.39, 0.29) is 7.30 Å². The minimum Gasteiger partial charge on any atom is -0.110 e. The van der Waals surface area contributed by atoms with Crippen LogP contribution in [0.3, 0.4) is 0 Å². The van der Waals surface area contributed by atoms with E-state index in [0.29, 0.717) is 0 Å². The van der Waals surface area contributed by atoms with Gasteiger partial charge >= 0.3 is 0 Å². The average molecular weight is 266 g/mol.